The van der Waals surface area contributed by atoms with Crippen molar-refractivity contribution in [2.45, 2.75) is 39.2 Å². The van der Waals surface area contributed by atoms with E-state index in [9.17, 15) is 0 Å². The van der Waals surface area contributed by atoms with Gasteiger partial charge in [-0.25, -0.2) is 0 Å². The van der Waals surface area contributed by atoms with E-state index < -0.39 is 0 Å². The number of unbranched alkanes of at least 4 members (excludes halogenated alkanes) is 2. The highest BCUT2D eigenvalue weighted by Crippen LogP contribution is 2.33. The minimum Gasteiger partial charge on any atom is -0.399 e. The smallest absolute Gasteiger partial charge is 0.220 e. The molecule has 0 saturated heterocycles. The van der Waals surface area contributed by atoms with E-state index in [1.165, 1.54) is 58.7 Å². The van der Waals surface area contributed by atoms with E-state index in [2.05, 4.69) is 80.2 Å². The molecule has 4 aromatic rings. The van der Waals surface area contributed by atoms with Crippen LogP contribution in [0.2, 0.25) is 0 Å². The highest BCUT2D eigenvalue weighted by atomic mass is 15.3. The maximum atomic E-state index is 6.28. The summed E-state index contributed by atoms with van der Waals surface area (Å²) in [6.07, 6.45) is 4.97. The molecule has 0 bridgehead atoms. The van der Waals surface area contributed by atoms with Crippen molar-refractivity contribution in [3.05, 3.63) is 66.7 Å². The van der Waals surface area contributed by atoms with Crippen molar-refractivity contribution in [3.8, 4) is 11.3 Å². The normalized spacial score (nSPS) is 12.0. The summed E-state index contributed by atoms with van der Waals surface area (Å²) in [4.78, 5) is 0. The van der Waals surface area contributed by atoms with E-state index in [1.807, 2.05) is 12.1 Å². The molecule has 0 aliphatic carbocycles. The number of hydrogen-bond donors (Lipinski definition) is 2. The molecule has 0 atom stereocenters. The number of pyridine rings is 1. The summed E-state index contributed by atoms with van der Waals surface area (Å²) in [5.41, 5.74) is 17.7. The van der Waals surface area contributed by atoms with E-state index in [0.717, 1.165) is 35.4 Å². The minimum absolute atomic E-state index is 0.787. The Morgan fingerprint density at radius 2 is 1.39 bits per heavy atom. The molecule has 0 saturated carbocycles. The number of fused-ring (bicyclic) bond motifs is 3. The Morgan fingerprint density at radius 3 is 2.12 bits per heavy atom. The Morgan fingerprint density at radius 1 is 0.727 bits per heavy atom. The molecule has 1 aromatic heterocycles. The molecular weight excluding hydrogens is 404 g/mol. The lowest BCUT2D eigenvalue weighted by Gasteiger charge is -2.29. The number of rotatable bonds is 9. The zero-order valence-electron chi connectivity index (χ0n) is 20.3. The number of aromatic nitrogens is 1. The second-order valence-corrected chi connectivity index (χ2v) is 9.89. The number of nitrogens with zero attached hydrogens (tertiary/aromatic N) is 2. The SMILES string of the molecule is CCCCC[N+](C)(C)CCC[n+]1c(-c2ccccc2)c2cc(N)ccc2c2ccc(N)cc21. The molecule has 1 heterocycles. The molecule has 172 valence electrons. The van der Waals surface area contributed by atoms with Crippen LogP contribution in [0, 0.1) is 0 Å². The van der Waals surface area contributed by atoms with Crippen LogP contribution in [0.4, 0.5) is 11.4 Å². The van der Waals surface area contributed by atoms with Gasteiger partial charge in [0.15, 0.2) is 6.54 Å². The lowest BCUT2D eigenvalue weighted by atomic mass is 9.98. The van der Waals surface area contributed by atoms with Crippen LogP contribution >= 0.6 is 0 Å². The topological polar surface area (TPSA) is 55.9 Å². The summed E-state index contributed by atoms with van der Waals surface area (Å²) in [5.74, 6) is 0. The molecule has 4 heteroatoms. The Balaban J connectivity index is 1.83. The van der Waals surface area contributed by atoms with Gasteiger partial charge in [-0.3, -0.25) is 0 Å². The van der Waals surface area contributed by atoms with Gasteiger partial charge < -0.3 is 16.0 Å². The zero-order chi connectivity index (χ0) is 23.4. The molecule has 4 nitrogen and oxygen atoms in total. The van der Waals surface area contributed by atoms with Gasteiger partial charge in [0, 0.05) is 28.4 Å². The quantitative estimate of drug-likeness (QED) is 0.114. The van der Waals surface area contributed by atoms with Crippen LogP contribution in [0.1, 0.15) is 32.6 Å². The van der Waals surface area contributed by atoms with E-state index in [-0.39, 0.29) is 0 Å². The van der Waals surface area contributed by atoms with Gasteiger partial charge in [-0.15, -0.1) is 0 Å². The van der Waals surface area contributed by atoms with Crippen LogP contribution in [0.25, 0.3) is 32.9 Å². The van der Waals surface area contributed by atoms with Crippen LogP contribution in [-0.2, 0) is 6.54 Å². The largest absolute Gasteiger partial charge is 0.399 e. The first-order valence-electron chi connectivity index (χ1n) is 12.2. The van der Waals surface area contributed by atoms with Gasteiger partial charge in [-0.2, -0.15) is 4.57 Å². The third kappa shape index (κ3) is 5.12. The Kier molecular flexibility index (Phi) is 6.85. The van der Waals surface area contributed by atoms with Gasteiger partial charge in [0.05, 0.1) is 44.4 Å². The van der Waals surface area contributed by atoms with Gasteiger partial charge in [0.2, 0.25) is 11.2 Å². The lowest BCUT2D eigenvalue weighted by molar-refractivity contribution is -0.892. The zero-order valence-corrected chi connectivity index (χ0v) is 20.3. The van der Waals surface area contributed by atoms with Crippen molar-refractivity contribution in [2.24, 2.45) is 0 Å². The van der Waals surface area contributed by atoms with E-state index >= 15 is 0 Å². The van der Waals surface area contributed by atoms with Crippen LogP contribution in [0.3, 0.4) is 0 Å². The summed E-state index contributed by atoms with van der Waals surface area (Å²) < 4.78 is 3.52. The highest BCUT2D eigenvalue weighted by Gasteiger charge is 2.25. The number of aryl methyl sites for hydroxylation is 1. The van der Waals surface area contributed by atoms with Crippen molar-refractivity contribution < 1.29 is 9.05 Å². The number of benzene rings is 3. The Labute approximate surface area is 198 Å². The molecular formula is C29H38N4+2. The van der Waals surface area contributed by atoms with Gasteiger partial charge >= 0.3 is 0 Å². The van der Waals surface area contributed by atoms with Gasteiger partial charge in [0.1, 0.15) is 0 Å². The first kappa shape index (κ1) is 23.1. The van der Waals surface area contributed by atoms with E-state index in [0.29, 0.717) is 0 Å². The lowest BCUT2D eigenvalue weighted by Crippen LogP contribution is -2.44. The fraction of sp³-hybridized carbons (Fsp3) is 0.345. The molecule has 0 amide bonds. The molecule has 0 aliphatic rings. The summed E-state index contributed by atoms with van der Waals surface area (Å²) in [6.45, 7) is 5.57. The van der Waals surface area contributed by atoms with Gasteiger partial charge in [-0.1, -0.05) is 37.6 Å². The van der Waals surface area contributed by atoms with Gasteiger partial charge in [0.25, 0.3) is 0 Å². The fourth-order valence-electron chi connectivity index (χ4n) is 4.96. The standard InChI is InChI=1S/C29H37N4/c1-4-5-9-18-33(2,3)19-10-17-32-28-21-24(31)14-16-26(28)25-15-13-23(30)20-27(25)29(32)22-11-7-6-8-12-22/h6-8,11-16,20-21,31H,4-5,9-10,17-19,30H2,1-3H3/q+1/p+1. The number of nitrogen functional groups attached to an aromatic ring is 2. The summed E-state index contributed by atoms with van der Waals surface area (Å²) in [5, 5.41) is 3.62. The molecule has 4 rings (SSSR count). The molecule has 4 N–H and O–H groups in total. The van der Waals surface area contributed by atoms with Crippen molar-refractivity contribution in [1.82, 2.24) is 0 Å². The molecule has 3 aromatic carbocycles. The predicted molar refractivity (Wildman–Crippen MR) is 142 cm³/mol. The van der Waals surface area contributed by atoms with Gasteiger partial charge in [-0.05, 0) is 49.2 Å². The second-order valence-electron chi connectivity index (χ2n) is 9.89. The monoisotopic (exact) mass is 442 g/mol. The maximum Gasteiger partial charge on any atom is 0.220 e. The third-order valence-electron chi connectivity index (χ3n) is 6.73. The summed E-state index contributed by atoms with van der Waals surface area (Å²) in [7, 11) is 4.71. The summed E-state index contributed by atoms with van der Waals surface area (Å²) in [6, 6.07) is 23.2. The van der Waals surface area contributed by atoms with E-state index in [4.69, 9.17) is 11.5 Å². The molecule has 0 fully saturated rings. The van der Waals surface area contributed by atoms with E-state index in [1.54, 1.807) is 0 Å². The third-order valence-corrected chi connectivity index (χ3v) is 6.73. The minimum atomic E-state index is 0.787. The average Bonchev–Trinajstić information content (AvgIpc) is 2.79. The second kappa shape index (κ2) is 9.80. The molecule has 0 radical (unpaired) electrons. The highest BCUT2D eigenvalue weighted by molar-refractivity contribution is 6.10. The maximum absolute atomic E-state index is 6.28. The molecule has 0 spiro atoms. The first-order chi connectivity index (χ1) is 15.9. The number of hydrogen-bond acceptors (Lipinski definition) is 2. The first-order valence-corrected chi connectivity index (χ1v) is 12.2. The van der Waals surface area contributed by atoms with Crippen molar-refractivity contribution >= 4 is 33.1 Å². The average molecular weight is 443 g/mol. The van der Waals surface area contributed by atoms with Crippen molar-refractivity contribution in [3.63, 3.8) is 0 Å². The summed E-state index contributed by atoms with van der Waals surface area (Å²) >= 11 is 0. The van der Waals surface area contributed by atoms with Crippen LogP contribution in [-0.4, -0.2) is 31.7 Å². The fourth-order valence-corrected chi connectivity index (χ4v) is 4.96. The van der Waals surface area contributed by atoms with Crippen molar-refractivity contribution in [2.75, 3.05) is 38.7 Å². The van der Waals surface area contributed by atoms with Crippen LogP contribution in [0.5, 0.6) is 0 Å². The molecule has 0 aliphatic heterocycles. The predicted octanol–water partition coefficient (Wildman–Crippen LogP) is 5.77. The number of anilines is 2. The van der Waals surface area contributed by atoms with Crippen molar-refractivity contribution in [1.29, 1.82) is 0 Å². The Hall–Kier alpha value is -3.11. The number of quaternary nitrogens is 1. The molecule has 0 unspecified atom stereocenters. The molecule has 33 heavy (non-hydrogen) atoms. The number of nitrogens with two attached hydrogens (primary N) is 2. The van der Waals surface area contributed by atoms with Crippen LogP contribution in [0.15, 0.2) is 66.7 Å². The van der Waals surface area contributed by atoms with Crippen LogP contribution < -0.4 is 16.0 Å². The Bertz CT molecular complexity index is 1250.